The number of piperazine rings is 1. The number of benzene rings is 1. The summed E-state index contributed by atoms with van der Waals surface area (Å²) < 4.78 is 0. The first-order valence-electron chi connectivity index (χ1n) is 9.61. The van der Waals surface area contributed by atoms with Crippen LogP contribution in [0.15, 0.2) is 12.1 Å². The van der Waals surface area contributed by atoms with Crippen LogP contribution in [0.1, 0.15) is 43.2 Å². The molecule has 146 valence electrons. The Bertz CT molecular complexity index is 735. The molecule has 0 spiro atoms. The number of carbonyl (C=O) groups is 1. The van der Waals surface area contributed by atoms with Crippen molar-refractivity contribution in [3.05, 3.63) is 28.3 Å². The first-order chi connectivity index (χ1) is 13.1. The lowest BCUT2D eigenvalue weighted by molar-refractivity contribution is -0.120. The molecule has 0 aromatic heterocycles. The Morgan fingerprint density at radius 3 is 2.81 bits per heavy atom. The van der Waals surface area contributed by atoms with E-state index in [1.54, 1.807) is 6.07 Å². The maximum atomic E-state index is 13.0. The molecule has 0 saturated carbocycles. The number of fused-ring (bicyclic) bond motifs is 1. The number of halogens is 2. The molecule has 0 bridgehead atoms. The van der Waals surface area contributed by atoms with Gasteiger partial charge < -0.3 is 5.32 Å². The van der Waals surface area contributed by atoms with Crippen molar-refractivity contribution in [1.82, 2.24) is 10.2 Å². The predicted molar refractivity (Wildman–Crippen MR) is 112 cm³/mol. The lowest BCUT2D eigenvalue weighted by Crippen LogP contribution is -2.56. The summed E-state index contributed by atoms with van der Waals surface area (Å²) in [6.45, 7) is 4.10. The molecule has 0 radical (unpaired) electrons. The summed E-state index contributed by atoms with van der Waals surface area (Å²) in [6, 6.07) is 5.92. The van der Waals surface area contributed by atoms with Crippen LogP contribution < -0.4 is 10.2 Å². The van der Waals surface area contributed by atoms with Crippen molar-refractivity contribution in [1.29, 1.82) is 5.26 Å². The number of hydrogen-bond donors (Lipinski definition) is 1. The number of nitriles is 1. The van der Waals surface area contributed by atoms with Gasteiger partial charge in [0.2, 0.25) is 5.91 Å². The molecule has 2 fully saturated rings. The minimum Gasteiger partial charge on any atom is -0.313 e. The zero-order chi connectivity index (χ0) is 19.4. The number of anilines is 1. The molecule has 27 heavy (non-hydrogen) atoms. The molecule has 1 amide bonds. The summed E-state index contributed by atoms with van der Waals surface area (Å²) in [4.78, 5) is 17.2. The van der Waals surface area contributed by atoms with E-state index >= 15 is 0 Å². The van der Waals surface area contributed by atoms with Gasteiger partial charge in [-0.05, 0) is 37.5 Å². The number of nitrogens with zero attached hydrogens (tertiary/aromatic N) is 3. The Morgan fingerprint density at radius 2 is 2.07 bits per heavy atom. The van der Waals surface area contributed by atoms with Gasteiger partial charge in [-0.25, -0.2) is 0 Å². The van der Waals surface area contributed by atoms with Gasteiger partial charge in [0, 0.05) is 30.1 Å². The lowest BCUT2D eigenvalue weighted by Gasteiger charge is -2.36. The van der Waals surface area contributed by atoms with Gasteiger partial charge in [-0.1, -0.05) is 46.8 Å². The monoisotopic (exact) mass is 452 g/mol. The maximum Gasteiger partial charge on any atom is 0.246 e. The molecule has 1 N–H and O–H groups in total. The Morgan fingerprint density at radius 1 is 1.30 bits per heavy atom. The number of amides is 1. The van der Waals surface area contributed by atoms with E-state index in [0.717, 1.165) is 29.5 Å². The topological polar surface area (TPSA) is 59.4 Å². The van der Waals surface area contributed by atoms with E-state index in [1.807, 2.05) is 17.9 Å². The second-order valence-electron chi connectivity index (χ2n) is 7.32. The Labute approximate surface area is 174 Å². The van der Waals surface area contributed by atoms with Gasteiger partial charge in [-0.15, -0.1) is 0 Å². The molecule has 2 aliphatic heterocycles. The van der Waals surface area contributed by atoms with Crippen molar-refractivity contribution in [3.63, 3.8) is 0 Å². The smallest absolute Gasteiger partial charge is 0.246 e. The van der Waals surface area contributed by atoms with E-state index in [9.17, 15) is 4.79 Å². The van der Waals surface area contributed by atoms with E-state index in [0.29, 0.717) is 29.8 Å². The molecule has 2 saturated heterocycles. The molecule has 2 heterocycles. The molecular formula is C20H26BrClN4O. The molecule has 1 aromatic rings. The first-order valence-corrected chi connectivity index (χ1v) is 11.1. The van der Waals surface area contributed by atoms with Crippen LogP contribution in [0.4, 0.5) is 5.69 Å². The predicted octanol–water partition coefficient (Wildman–Crippen LogP) is 3.81. The SMILES string of the molecule is Cc1c(N2CN3C(CCCCCCBr)CNCC3C2=O)ccc(C#N)c1Cl. The van der Waals surface area contributed by atoms with Crippen LogP contribution in [-0.2, 0) is 4.79 Å². The normalized spacial score (nSPS) is 22.7. The van der Waals surface area contributed by atoms with E-state index in [4.69, 9.17) is 16.9 Å². The molecule has 1 aromatic carbocycles. The third kappa shape index (κ3) is 4.32. The molecule has 7 heteroatoms. The van der Waals surface area contributed by atoms with Crippen LogP contribution in [-0.4, -0.2) is 48.0 Å². The number of unbranched alkanes of at least 4 members (excludes halogenated alkanes) is 3. The van der Waals surface area contributed by atoms with Crippen molar-refractivity contribution < 1.29 is 4.79 Å². The highest BCUT2D eigenvalue weighted by atomic mass is 79.9. The van der Waals surface area contributed by atoms with Crippen LogP contribution in [0.3, 0.4) is 0 Å². The van der Waals surface area contributed by atoms with Gasteiger partial charge in [0.25, 0.3) is 0 Å². The second-order valence-corrected chi connectivity index (χ2v) is 8.50. The summed E-state index contributed by atoms with van der Waals surface area (Å²) in [5.41, 5.74) is 2.06. The maximum absolute atomic E-state index is 13.0. The number of carbonyl (C=O) groups excluding carboxylic acids is 1. The molecule has 2 aliphatic rings. The van der Waals surface area contributed by atoms with E-state index < -0.39 is 0 Å². The fourth-order valence-electron chi connectivity index (χ4n) is 4.08. The molecular weight excluding hydrogens is 428 g/mol. The van der Waals surface area contributed by atoms with Crippen molar-refractivity contribution in [2.24, 2.45) is 0 Å². The molecule has 2 atom stereocenters. The van der Waals surface area contributed by atoms with Crippen LogP contribution >= 0.6 is 27.5 Å². The van der Waals surface area contributed by atoms with Gasteiger partial charge >= 0.3 is 0 Å². The van der Waals surface area contributed by atoms with Crippen LogP contribution in [0.2, 0.25) is 5.02 Å². The first kappa shape index (κ1) is 20.6. The fourth-order valence-corrected chi connectivity index (χ4v) is 4.67. The number of rotatable bonds is 7. The number of nitrogens with one attached hydrogen (secondary N) is 1. The highest BCUT2D eigenvalue weighted by molar-refractivity contribution is 9.09. The Hall–Kier alpha value is -1.13. The standard InChI is InChI=1S/C20H26BrClN4O/c1-14-17(8-7-15(10-23)19(14)22)26-13-25-16(6-4-2-3-5-9-21)11-24-12-18(25)20(26)27/h7-8,16,18,24H,2-6,9,11-13H2,1H3. The Balaban J connectivity index is 1.72. The second kappa shape index (κ2) is 9.38. The summed E-state index contributed by atoms with van der Waals surface area (Å²) in [5.74, 6) is 0.121. The largest absolute Gasteiger partial charge is 0.313 e. The molecule has 3 rings (SSSR count). The van der Waals surface area contributed by atoms with Crippen LogP contribution in [0, 0.1) is 18.3 Å². The van der Waals surface area contributed by atoms with Gasteiger partial charge in [-0.2, -0.15) is 5.26 Å². The van der Waals surface area contributed by atoms with Crippen molar-refractivity contribution in [2.45, 2.75) is 51.1 Å². The molecule has 0 aliphatic carbocycles. The highest BCUT2D eigenvalue weighted by Crippen LogP contribution is 2.34. The van der Waals surface area contributed by atoms with Crippen molar-refractivity contribution >= 4 is 39.1 Å². The summed E-state index contributed by atoms with van der Waals surface area (Å²) in [7, 11) is 0. The van der Waals surface area contributed by atoms with Crippen LogP contribution in [0.25, 0.3) is 0 Å². The average Bonchev–Trinajstić information content (AvgIpc) is 3.01. The Kier molecular flexibility index (Phi) is 7.16. The molecule has 5 nitrogen and oxygen atoms in total. The molecule has 2 unspecified atom stereocenters. The van der Waals surface area contributed by atoms with E-state index in [-0.39, 0.29) is 11.9 Å². The quantitative estimate of drug-likeness (QED) is 0.504. The van der Waals surface area contributed by atoms with Crippen LogP contribution in [0.5, 0.6) is 0 Å². The highest BCUT2D eigenvalue weighted by Gasteiger charge is 2.44. The van der Waals surface area contributed by atoms with Gasteiger partial charge in [0.15, 0.2) is 0 Å². The van der Waals surface area contributed by atoms with Gasteiger partial charge in [-0.3, -0.25) is 14.6 Å². The van der Waals surface area contributed by atoms with Crippen molar-refractivity contribution in [2.75, 3.05) is 30.0 Å². The third-order valence-electron chi connectivity index (χ3n) is 5.63. The average molecular weight is 454 g/mol. The fraction of sp³-hybridized carbons (Fsp3) is 0.600. The minimum atomic E-state index is -0.111. The zero-order valence-corrected chi connectivity index (χ0v) is 18.0. The minimum absolute atomic E-state index is 0.111. The number of hydrogen-bond acceptors (Lipinski definition) is 4. The van der Waals surface area contributed by atoms with Gasteiger partial charge in [0.1, 0.15) is 12.1 Å². The number of alkyl halides is 1. The zero-order valence-electron chi connectivity index (χ0n) is 15.7. The summed E-state index contributed by atoms with van der Waals surface area (Å²) in [5, 5.41) is 14.1. The third-order valence-corrected chi connectivity index (χ3v) is 6.68. The summed E-state index contributed by atoms with van der Waals surface area (Å²) >= 11 is 9.81. The van der Waals surface area contributed by atoms with E-state index in [1.165, 1.54) is 25.7 Å². The van der Waals surface area contributed by atoms with Crippen molar-refractivity contribution in [3.8, 4) is 6.07 Å². The van der Waals surface area contributed by atoms with Gasteiger partial charge in [0.05, 0.1) is 17.3 Å². The lowest BCUT2D eigenvalue weighted by atomic mass is 10.0. The van der Waals surface area contributed by atoms with E-state index in [2.05, 4.69) is 32.2 Å². The summed E-state index contributed by atoms with van der Waals surface area (Å²) in [6.07, 6.45) is 6.02.